The lowest BCUT2D eigenvalue weighted by molar-refractivity contribution is -0.248. The summed E-state index contributed by atoms with van der Waals surface area (Å²) in [5.41, 5.74) is 4.71. The van der Waals surface area contributed by atoms with E-state index in [1.807, 2.05) is 0 Å². The van der Waals surface area contributed by atoms with Crippen LogP contribution in [0.25, 0.3) is 10.2 Å². The fraction of sp³-hybridized carbons (Fsp3) is 0.316. The van der Waals surface area contributed by atoms with Crippen LogP contribution >= 0.6 is 11.3 Å². The minimum absolute atomic E-state index is 0.0290. The third kappa shape index (κ3) is 2.49. The number of aromatic nitrogens is 1. The number of benzene rings is 2. The number of alkyl halides is 3. The summed E-state index contributed by atoms with van der Waals surface area (Å²) in [6.07, 6.45) is -1.65. The van der Waals surface area contributed by atoms with Crippen LogP contribution in [0.1, 0.15) is 34.5 Å². The van der Waals surface area contributed by atoms with Crippen LogP contribution in [0.3, 0.4) is 0 Å². The van der Waals surface area contributed by atoms with Crippen molar-refractivity contribution in [3.8, 4) is 0 Å². The van der Waals surface area contributed by atoms with Crippen molar-refractivity contribution in [3.05, 3.63) is 58.1 Å². The fourth-order valence-corrected chi connectivity index (χ4v) is 4.68. The Labute approximate surface area is 152 Å². The van der Waals surface area contributed by atoms with Crippen LogP contribution in [0.5, 0.6) is 0 Å². The van der Waals surface area contributed by atoms with Gasteiger partial charge < -0.3 is 10.8 Å². The average molecular weight is 378 g/mol. The predicted octanol–water partition coefficient (Wildman–Crippen LogP) is 4.56. The third-order valence-electron chi connectivity index (χ3n) is 4.98. The van der Waals surface area contributed by atoms with Gasteiger partial charge in [-0.05, 0) is 48.9 Å². The Kier molecular flexibility index (Phi) is 3.96. The van der Waals surface area contributed by atoms with Crippen LogP contribution in [-0.2, 0) is 18.4 Å². The average Bonchev–Trinajstić information content (AvgIpc) is 3.05. The van der Waals surface area contributed by atoms with Gasteiger partial charge in [0.25, 0.3) is 0 Å². The minimum atomic E-state index is -4.95. The molecule has 0 spiro atoms. The first-order chi connectivity index (χ1) is 12.3. The number of rotatable bonds is 2. The van der Waals surface area contributed by atoms with Crippen molar-refractivity contribution < 1.29 is 18.3 Å². The number of nitrogens with two attached hydrogens (primary N) is 1. The second-order valence-corrected chi connectivity index (χ2v) is 7.60. The van der Waals surface area contributed by atoms with E-state index in [1.54, 1.807) is 30.3 Å². The largest absolute Gasteiger partial charge is 0.428 e. The van der Waals surface area contributed by atoms with E-state index in [0.717, 1.165) is 41.7 Å². The topological polar surface area (TPSA) is 59.1 Å². The number of para-hydroxylation sites is 1. The van der Waals surface area contributed by atoms with Crippen molar-refractivity contribution in [1.29, 1.82) is 0 Å². The maximum atomic E-state index is 14.1. The molecule has 3 aromatic rings. The number of halogens is 3. The monoisotopic (exact) mass is 378 g/mol. The number of nitrogens with zero attached hydrogens (tertiary/aromatic N) is 1. The summed E-state index contributed by atoms with van der Waals surface area (Å²) in [7, 11) is 0. The highest BCUT2D eigenvalue weighted by Crippen LogP contribution is 2.49. The molecular weight excluding hydrogens is 361 g/mol. The summed E-state index contributed by atoms with van der Waals surface area (Å²) in [5.74, 6) is 0. The van der Waals surface area contributed by atoms with Gasteiger partial charge in [0, 0.05) is 11.3 Å². The molecule has 1 heterocycles. The molecule has 1 aromatic heterocycles. The molecule has 0 bridgehead atoms. The van der Waals surface area contributed by atoms with E-state index >= 15 is 0 Å². The number of aryl methyl sites for hydroxylation is 1. The Balaban J connectivity index is 1.96. The molecule has 0 fully saturated rings. The van der Waals surface area contributed by atoms with Crippen LogP contribution in [-0.4, -0.2) is 16.3 Å². The highest BCUT2D eigenvalue weighted by atomic mass is 32.1. The van der Waals surface area contributed by atoms with Crippen molar-refractivity contribution in [1.82, 2.24) is 4.98 Å². The summed E-state index contributed by atoms with van der Waals surface area (Å²) < 4.78 is 42.8. The van der Waals surface area contributed by atoms with Crippen LogP contribution in [0.4, 0.5) is 18.9 Å². The molecule has 0 saturated carbocycles. The molecule has 3 N–H and O–H groups in total. The smallest absolute Gasteiger partial charge is 0.398 e. The molecule has 2 aromatic carbocycles. The molecule has 0 aliphatic heterocycles. The van der Waals surface area contributed by atoms with E-state index in [4.69, 9.17) is 5.73 Å². The Morgan fingerprint density at radius 2 is 1.77 bits per heavy atom. The number of hydrogen-bond acceptors (Lipinski definition) is 4. The molecule has 1 aliphatic carbocycles. The lowest BCUT2D eigenvalue weighted by Crippen LogP contribution is -2.44. The molecule has 1 unspecified atom stereocenters. The van der Waals surface area contributed by atoms with Crippen LogP contribution < -0.4 is 5.73 Å². The normalized spacial score (nSPS) is 17.1. The summed E-state index contributed by atoms with van der Waals surface area (Å²) in [6, 6.07) is 9.70. The van der Waals surface area contributed by atoms with Crippen molar-refractivity contribution in [2.75, 3.05) is 5.73 Å². The van der Waals surface area contributed by atoms with Gasteiger partial charge in [-0.1, -0.05) is 24.3 Å². The first kappa shape index (κ1) is 17.3. The van der Waals surface area contributed by atoms with E-state index in [0.29, 0.717) is 16.6 Å². The van der Waals surface area contributed by atoms with E-state index in [2.05, 4.69) is 4.98 Å². The molecular formula is C19H17F3N2OS. The van der Waals surface area contributed by atoms with Gasteiger partial charge in [0.2, 0.25) is 5.60 Å². The van der Waals surface area contributed by atoms with Crippen LogP contribution in [0.15, 0.2) is 36.4 Å². The minimum Gasteiger partial charge on any atom is -0.398 e. The number of fused-ring (bicyclic) bond motifs is 2. The SMILES string of the molecule is Nc1c(C(O)(c2nc3ccccc3s2)C(F)(F)F)ccc2c1CCCC2. The number of nitrogen functional groups attached to an aromatic ring is 1. The zero-order valence-corrected chi connectivity index (χ0v) is 14.6. The first-order valence-electron chi connectivity index (χ1n) is 8.38. The Morgan fingerprint density at radius 1 is 1.04 bits per heavy atom. The van der Waals surface area contributed by atoms with Gasteiger partial charge in [-0.3, -0.25) is 0 Å². The van der Waals surface area contributed by atoms with Crippen molar-refractivity contribution in [2.45, 2.75) is 37.5 Å². The van der Waals surface area contributed by atoms with Crippen LogP contribution in [0.2, 0.25) is 0 Å². The summed E-state index contributed by atoms with van der Waals surface area (Å²) in [5, 5.41) is 10.5. The molecule has 1 atom stereocenters. The second kappa shape index (κ2) is 5.96. The number of hydrogen-bond donors (Lipinski definition) is 2. The molecule has 3 nitrogen and oxygen atoms in total. The highest BCUT2D eigenvalue weighted by Gasteiger charge is 2.59. The zero-order valence-electron chi connectivity index (χ0n) is 13.8. The zero-order chi connectivity index (χ0) is 18.5. The Bertz CT molecular complexity index is 950. The summed E-state index contributed by atoms with van der Waals surface area (Å²) in [6.45, 7) is 0. The standard InChI is InChI=1S/C19H17F3N2OS/c20-19(21,22)18(25,17-24-14-7-3-4-8-15(14)26-17)13-10-9-11-5-1-2-6-12(11)16(13)23/h3-4,7-10,25H,1-2,5-6,23H2. The highest BCUT2D eigenvalue weighted by molar-refractivity contribution is 7.18. The summed E-state index contributed by atoms with van der Waals surface area (Å²) in [4.78, 5) is 4.07. The molecule has 0 saturated heterocycles. The van der Waals surface area contributed by atoms with Gasteiger partial charge in [-0.15, -0.1) is 11.3 Å². The van der Waals surface area contributed by atoms with E-state index in [9.17, 15) is 18.3 Å². The van der Waals surface area contributed by atoms with E-state index in [1.165, 1.54) is 6.07 Å². The first-order valence-corrected chi connectivity index (χ1v) is 9.20. The van der Waals surface area contributed by atoms with Gasteiger partial charge in [-0.25, -0.2) is 4.98 Å². The molecule has 1 aliphatic rings. The summed E-state index contributed by atoms with van der Waals surface area (Å²) >= 11 is 0.835. The lowest BCUT2D eigenvalue weighted by atomic mass is 9.83. The molecule has 0 radical (unpaired) electrons. The van der Waals surface area contributed by atoms with Gasteiger partial charge >= 0.3 is 6.18 Å². The maximum Gasteiger partial charge on any atom is 0.428 e. The number of anilines is 1. The molecule has 26 heavy (non-hydrogen) atoms. The molecule has 7 heteroatoms. The second-order valence-electron chi connectivity index (χ2n) is 6.57. The van der Waals surface area contributed by atoms with Crippen molar-refractivity contribution in [3.63, 3.8) is 0 Å². The van der Waals surface area contributed by atoms with Crippen molar-refractivity contribution in [2.24, 2.45) is 0 Å². The fourth-order valence-electron chi connectivity index (χ4n) is 3.59. The number of aliphatic hydroxyl groups is 1. The van der Waals surface area contributed by atoms with Gasteiger partial charge in [0.15, 0.2) is 0 Å². The van der Waals surface area contributed by atoms with Gasteiger partial charge in [0.05, 0.1) is 10.2 Å². The van der Waals surface area contributed by atoms with Gasteiger partial charge in [-0.2, -0.15) is 13.2 Å². The van der Waals surface area contributed by atoms with E-state index in [-0.39, 0.29) is 11.3 Å². The third-order valence-corrected chi connectivity index (χ3v) is 6.13. The van der Waals surface area contributed by atoms with Gasteiger partial charge in [0.1, 0.15) is 5.01 Å². The van der Waals surface area contributed by atoms with Crippen molar-refractivity contribution >= 4 is 27.2 Å². The molecule has 0 amide bonds. The predicted molar refractivity (Wildman–Crippen MR) is 96.2 cm³/mol. The molecule has 136 valence electrons. The molecule has 4 rings (SSSR count). The van der Waals surface area contributed by atoms with Crippen LogP contribution in [0, 0.1) is 0 Å². The Morgan fingerprint density at radius 3 is 2.50 bits per heavy atom. The number of thiazole rings is 1. The lowest BCUT2D eigenvalue weighted by Gasteiger charge is -2.32. The Hall–Kier alpha value is -2.12. The quantitative estimate of drug-likeness (QED) is 0.643. The maximum absolute atomic E-state index is 14.1. The van der Waals surface area contributed by atoms with E-state index < -0.39 is 16.8 Å².